The molecule has 0 radical (unpaired) electrons. The number of benzene rings is 2. The van der Waals surface area contributed by atoms with Crippen LogP contribution in [0, 0.1) is 5.92 Å². The Kier molecular flexibility index (Phi) is 4.74. The highest BCUT2D eigenvalue weighted by Crippen LogP contribution is 2.18. The first kappa shape index (κ1) is 15.0. The van der Waals surface area contributed by atoms with Crippen LogP contribution in [0.15, 0.2) is 42.5 Å². The molecule has 2 aromatic rings. The Morgan fingerprint density at radius 1 is 1.14 bits per heavy atom. The molecule has 1 amide bonds. The molecular weight excluding hydrogens is 272 g/mol. The van der Waals surface area contributed by atoms with Gasteiger partial charge in [-0.25, -0.2) is 0 Å². The van der Waals surface area contributed by atoms with E-state index in [2.05, 4.69) is 17.1 Å². The van der Waals surface area contributed by atoms with E-state index in [0.717, 1.165) is 29.4 Å². The SMILES string of the molecule is CC(CNC(=O)c1cccc2ccccc12)CN1CCCC1. The lowest BCUT2D eigenvalue weighted by Gasteiger charge is -2.20. The summed E-state index contributed by atoms with van der Waals surface area (Å²) >= 11 is 0. The third-order valence-corrected chi connectivity index (χ3v) is 4.41. The second kappa shape index (κ2) is 6.93. The smallest absolute Gasteiger partial charge is 0.251 e. The Labute approximate surface area is 132 Å². The second-order valence-electron chi connectivity index (χ2n) is 6.35. The van der Waals surface area contributed by atoms with E-state index >= 15 is 0 Å². The van der Waals surface area contributed by atoms with Gasteiger partial charge in [-0.05, 0) is 48.7 Å². The maximum Gasteiger partial charge on any atom is 0.251 e. The van der Waals surface area contributed by atoms with E-state index in [0.29, 0.717) is 5.92 Å². The zero-order valence-electron chi connectivity index (χ0n) is 13.2. The molecular formula is C19H24N2O. The Morgan fingerprint density at radius 2 is 1.86 bits per heavy atom. The number of nitrogens with one attached hydrogen (secondary N) is 1. The van der Waals surface area contributed by atoms with Gasteiger partial charge in [-0.2, -0.15) is 0 Å². The van der Waals surface area contributed by atoms with Crippen molar-refractivity contribution in [1.29, 1.82) is 0 Å². The molecule has 1 N–H and O–H groups in total. The largest absolute Gasteiger partial charge is 0.352 e. The quantitative estimate of drug-likeness (QED) is 0.918. The number of carbonyl (C=O) groups is 1. The summed E-state index contributed by atoms with van der Waals surface area (Å²) in [6.45, 7) is 6.44. The average Bonchev–Trinajstić information content (AvgIpc) is 3.05. The van der Waals surface area contributed by atoms with E-state index in [1.165, 1.54) is 25.9 Å². The predicted molar refractivity (Wildman–Crippen MR) is 91.1 cm³/mol. The third kappa shape index (κ3) is 3.47. The molecule has 0 bridgehead atoms. The van der Waals surface area contributed by atoms with Gasteiger partial charge in [0, 0.05) is 18.7 Å². The van der Waals surface area contributed by atoms with Crippen LogP contribution in [0.4, 0.5) is 0 Å². The molecule has 116 valence electrons. The molecule has 1 aliphatic heterocycles. The van der Waals surface area contributed by atoms with Crippen molar-refractivity contribution >= 4 is 16.7 Å². The molecule has 1 saturated heterocycles. The van der Waals surface area contributed by atoms with Gasteiger partial charge in [0.15, 0.2) is 0 Å². The minimum absolute atomic E-state index is 0.0325. The first-order valence-electron chi connectivity index (χ1n) is 8.22. The third-order valence-electron chi connectivity index (χ3n) is 4.41. The van der Waals surface area contributed by atoms with E-state index in [1.54, 1.807) is 0 Å². The van der Waals surface area contributed by atoms with E-state index in [9.17, 15) is 4.79 Å². The van der Waals surface area contributed by atoms with Gasteiger partial charge in [-0.1, -0.05) is 43.3 Å². The molecule has 0 aromatic heterocycles. The van der Waals surface area contributed by atoms with Gasteiger partial charge in [-0.3, -0.25) is 4.79 Å². The molecule has 3 heteroatoms. The van der Waals surface area contributed by atoms with Gasteiger partial charge in [0.1, 0.15) is 0 Å². The number of likely N-dealkylation sites (tertiary alicyclic amines) is 1. The monoisotopic (exact) mass is 296 g/mol. The molecule has 3 rings (SSSR count). The zero-order chi connectivity index (χ0) is 15.4. The summed E-state index contributed by atoms with van der Waals surface area (Å²) in [5, 5.41) is 5.23. The van der Waals surface area contributed by atoms with Gasteiger partial charge in [-0.15, -0.1) is 0 Å². The molecule has 1 atom stereocenters. The van der Waals surface area contributed by atoms with E-state index in [1.807, 2.05) is 42.5 Å². The zero-order valence-corrected chi connectivity index (χ0v) is 13.2. The van der Waals surface area contributed by atoms with Gasteiger partial charge in [0.25, 0.3) is 5.91 Å². The average molecular weight is 296 g/mol. The molecule has 0 spiro atoms. The highest BCUT2D eigenvalue weighted by atomic mass is 16.1. The first-order chi connectivity index (χ1) is 10.7. The molecule has 1 heterocycles. The topological polar surface area (TPSA) is 32.3 Å². The van der Waals surface area contributed by atoms with Crippen LogP contribution in [-0.4, -0.2) is 37.0 Å². The summed E-state index contributed by atoms with van der Waals surface area (Å²) in [5.41, 5.74) is 0.770. The number of carbonyl (C=O) groups excluding carboxylic acids is 1. The van der Waals surface area contributed by atoms with Crippen molar-refractivity contribution in [2.75, 3.05) is 26.2 Å². The van der Waals surface area contributed by atoms with Gasteiger partial charge in [0.2, 0.25) is 0 Å². The number of hydrogen-bond donors (Lipinski definition) is 1. The fourth-order valence-corrected chi connectivity index (χ4v) is 3.26. The summed E-state index contributed by atoms with van der Waals surface area (Å²) in [4.78, 5) is 15.0. The normalized spacial score (nSPS) is 16.8. The first-order valence-corrected chi connectivity index (χ1v) is 8.22. The summed E-state index contributed by atoms with van der Waals surface area (Å²) in [5.74, 6) is 0.516. The van der Waals surface area contributed by atoms with Crippen molar-refractivity contribution in [3.8, 4) is 0 Å². The number of amides is 1. The van der Waals surface area contributed by atoms with E-state index in [4.69, 9.17) is 0 Å². The summed E-state index contributed by atoms with van der Waals surface area (Å²) in [6.07, 6.45) is 2.63. The van der Waals surface area contributed by atoms with Crippen molar-refractivity contribution in [3.05, 3.63) is 48.0 Å². The number of hydrogen-bond acceptors (Lipinski definition) is 2. The minimum Gasteiger partial charge on any atom is -0.352 e. The second-order valence-corrected chi connectivity index (χ2v) is 6.35. The van der Waals surface area contributed by atoms with Crippen molar-refractivity contribution < 1.29 is 4.79 Å². The fourth-order valence-electron chi connectivity index (χ4n) is 3.26. The molecule has 1 fully saturated rings. The van der Waals surface area contributed by atoms with Gasteiger partial charge >= 0.3 is 0 Å². The summed E-state index contributed by atoms with van der Waals surface area (Å²) < 4.78 is 0. The minimum atomic E-state index is 0.0325. The highest BCUT2D eigenvalue weighted by Gasteiger charge is 2.16. The van der Waals surface area contributed by atoms with E-state index in [-0.39, 0.29) is 5.91 Å². The summed E-state index contributed by atoms with van der Waals surface area (Å²) in [6, 6.07) is 13.9. The van der Waals surface area contributed by atoms with E-state index < -0.39 is 0 Å². The van der Waals surface area contributed by atoms with Crippen molar-refractivity contribution in [3.63, 3.8) is 0 Å². The maximum atomic E-state index is 12.5. The number of rotatable bonds is 5. The highest BCUT2D eigenvalue weighted by molar-refractivity contribution is 6.06. The van der Waals surface area contributed by atoms with Crippen LogP contribution in [0.3, 0.4) is 0 Å². The molecule has 3 nitrogen and oxygen atoms in total. The Bertz CT molecular complexity index is 641. The molecule has 0 saturated carbocycles. The van der Waals surface area contributed by atoms with Crippen LogP contribution in [0.25, 0.3) is 10.8 Å². The number of nitrogens with zero attached hydrogens (tertiary/aromatic N) is 1. The van der Waals surface area contributed by atoms with Crippen LogP contribution in [0.1, 0.15) is 30.1 Å². The standard InChI is InChI=1S/C19H24N2O/c1-15(14-21-11-4-5-12-21)13-20-19(22)18-10-6-8-16-7-2-3-9-17(16)18/h2-3,6-10,15H,4-5,11-14H2,1H3,(H,20,22). The van der Waals surface area contributed by atoms with Crippen molar-refractivity contribution in [1.82, 2.24) is 10.2 Å². The van der Waals surface area contributed by atoms with Gasteiger partial charge < -0.3 is 10.2 Å². The Hall–Kier alpha value is -1.87. The molecule has 1 aliphatic rings. The van der Waals surface area contributed by atoms with Crippen LogP contribution >= 0.6 is 0 Å². The van der Waals surface area contributed by atoms with Crippen LogP contribution in [-0.2, 0) is 0 Å². The number of fused-ring (bicyclic) bond motifs is 1. The Morgan fingerprint density at radius 3 is 2.68 bits per heavy atom. The van der Waals surface area contributed by atoms with Crippen LogP contribution in [0.2, 0.25) is 0 Å². The molecule has 2 aromatic carbocycles. The maximum absolute atomic E-state index is 12.5. The lowest BCUT2D eigenvalue weighted by molar-refractivity contribution is 0.0947. The lowest BCUT2D eigenvalue weighted by atomic mass is 10.0. The molecule has 0 aliphatic carbocycles. The Balaban J connectivity index is 1.61. The van der Waals surface area contributed by atoms with Crippen molar-refractivity contribution in [2.24, 2.45) is 5.92 Å². The predicted octanol–water partition coefficient (Wildman–Crippen LogP) is 3.30. The van der Waals surface area contributed by atoms with Crippen LogP contribution < -0.4 is 5.32 Å². The fraction of sp³-hybridized carbons (Fsp3) is 0.421. The van der Waals surface area contributed by atoms with Crippen molar-refractivity contribution in [2.45, 2.75) is 19.8 Å². The molecule has 1 unspecified atom stereocenters. The van der Waals surface area contributed by atoms with Crippen LogP contribution in [0.5, 0.6) is 0 Å². The lowest BCUT2D eigenvalue weighted by Crippen LogP contribution is -2.34. The summed E-state index contributed by atoms with van der Waals surface area (Å²) in [7, 11) is 0. The van der Waals surface area contributed by atoms with Gasteiger partial charge in [0.05, 0.1) is 0 Å². The molecule has 22 heavy (non-hydrogen) atoms.